The van der Waals surface area contributed by atoms with Crippen LogP contribution in [0.25, 0.3) is 5.57 Å². The van der Waals surface area contributed by atoms with Crippen molar-refractivity contribution in [1.82, 2.24) is 0 Å². The standard InChI is InChI=1S/C21H23BrO3/c1-3-4-5-6-7-18(15-8-10-16(11-9-15)21(23)24)17-12-13-20(25-2)19(22)14-17/h7-14H,3-6H2,1-2H3,(H,23,24)/b18-7-. The Hall–Kier alpha value is -2.07. The lowest BCUT2D eigenvalue weighted by molar-refractivity contribution is 0.0697. The second-order valence-corrected chi connectivity index (χ2v) is 6.70. The van der Waals surface area contributed by atoms with Crippen LogP contribution in [0.1, 0.15) is 54.1 Å². The van der Waals surface area contributed by atoms with Crippen molar-refractivity contribution in [2.45, 2.75) is 32.6 Å². The fraction of sp³-hybridized carbons (Fsp3) is 0.286. The van der Waals surface area contributed by atoms with E-state index in [0.29, 0.717) is 5.56 Å². The predicted octanol–water partition coefficient (Wildman–Crippen LogP) is 6.17. The average Bonchev–Trinajstić information content (AvgIpc) is 2.62. The van der Waals surface area contributed by atoms with Crippen molar-refractivity contribution >= 4 is 27.5 Å². The third kappa shape index (κ3) is 5.20. The van der Waals surface area contributed by atoms with E-state index in [9.17, 15) is 4.79 Å². The predicted molar refractivity (Wildman–Crippen MR) is 105 cm³/mol. The highest BCUT2D eigenvalue weighted by atomic mass is 79.9. The van der Waals surface area contributed by atoms with Crippen LogP contribution in [0.2, 0.25) is 0 Å². The van der Waals surface area contributed by atoms with E-state index in [-0.39, 0.29) is 0 Å². The molecule has 2 aromatic rings. The van der Waals surface area contributed by atoms with Crippen LogP contribution in [0.3, 0.4) is 0 Å². The van der Waals surface area contributed by atoms with Gasteiger partial charge in [0.1, 0.15) is 5.75 Å². The summed E-state index contributed by atoms with van der Waals surface area (Å²) in [6, 6.07) is 13.0. The lowest BCUT2D eigenvalue weighted by Crippen LogP contribution is -1.97. The first-order valence-electron chi connectivity index (χ1n) is 8.44. The summed E-state index contributed by atoms with van der Waals surface area (Å²) < 4.78 is 6.21. The van der Waals surface area contributed by atoms with Crippen LogP contribution < -0.4 is 4.74 Å². The Morgan fingerprint density at radius 2 is 1.72 bits per heavy atom. The van der Waals surface area contributed by atoms with Crippen LogP contribution in [0.4, 0.5) is 0 Å². The molecule has 2 aromatic carbocycles. The molecule has 0 radical (unpaired) electrons. The van der Waals surface area contributed by atoms with E-state index in [2.05, 4.69) is 28.9 Å². The largest absolute Gasteiger partial charge is 0.496 e. The monoisotopic (exact) mass is 402 g/mol. The number of aromatic carboxylic acids is 1. The molecule has 0 spiro atoms. The molecule has 2 rings (SSSR count). The van der Waals surface area contributed by atoms with E-state index < -0.39 is 5.97 Å². The molecule has 0 aliphatic rings. The lowest BCUT2D eigenvalue weighted by Gasteiger charge is -2.12. The highest BCUT2D eigenvalue weighted by molar-refractivity contribution is 9.10. The van der Waals surface area contributed by atoms with Crippen molar-refractivity contribution in [1.29, 1.82) is 0 Å². The topological polar surface area (TPSA) is 46.5 Å². The first-order chi connectivity index (χ1) is 12.1. The van der Waals surface area contributed by atoms with Gasteiger partial charge in [0.15, 0.2) is 0 Å². The summed E-state index contributed by atoms with van der Waals surface area (Å²) in [5.41, 5.74) is 3.49. The van der Waals surface area contributed by atoms with Gasteiger partial charge in [0.25, 0.3) is 0 Å². The van der Waals surface area contributed by atoms with Gasteiger partial charge in [-0.1, -0.05) is 44.0 Å². The van der Waals surface area contributed by atoms with Gasteiger partial charge in [0.05, 0.1) is 17.1 Å². The van der Waals surface area contributed by atoms with E-state index in [1.165, 1.54) is 12.8 Å². The van der Waals surface area contributed by atoms with E-state index >= 15 is 0 Å². The summed E-state index contributed by atoms with van der Waals surface area (Å²) in [4.78, 5) is 11.1. The second kappa shape index (κ2) is 9.42. The third-order valence-electron chi connectivity index (χ3n) is 4.06. The van der Waals surface area contributed by atoms with Gasteiger partial charge in [-0.05, 0) is 69.7 Å². The van der Waals surface area contributed by atoms with Gasteiger partial charge < -0.3 is 9.84 Å². The molecule has 132 valence electrons. The maximum absolute atomic E-state index is 11.1. The number of carboxylic acid groups (broad SMARTS) is 1. The number of hydrogen-bond acceptors (Lipinski definition) is 2. The molecular weight excluding hydrogens is 380 g/mol. The molecular formula is C21H23BrO3. The normalized spacial score (nSPS) is 11.4. The molecule has 4 heteroatoms. The van der Waals surface area contributed by atoms with Crippen molar-refractivity contribution < 1.29 is 14.6 Å². The number of hydrogen-bond donors (Lipinski definition) is 1. The molecule has 0 saturated heterocycles. The van der Waals surface area contributed by atoms with Crippen molar-refractivity contribution in [3.63, 3.8) is 0 Å². The Morgan fingerprint density at radius 3 is 2.28 bits per heavy atom. The molecule has 0 heterocycles. The van der Waals surface area contributed by atoms with Crippen LogP contribution in [-0.2, 0) is 0 Å². The molecule has 1 N–H and O–H groups in total. The van der Waals surface area contributed by atoms with Gasteiger partial charge in [0, 0.05) is 0 Å². The molecule has 0 fully saturated rings. The Balaban J connectivity index is 2.38. The maximum atomic E-state index is 11.1. The second-order valence-electron chi connectivity index (χ2n) is 5.85. The van der Waals surface area contributed by atoms with Gasteiger partial charge in [-0.25, -0.2) is 4.79 Å². The summed E-state index contributed by atoms with van der Waals surface area (Å²) in [6.45, 7) is 2.19. The molecule has 3 nitrogen and oxygen atoms in total. The van der Waals surface area contributed by atoms with Crippen LogP contribution in [0.15, 0.2) is 53.0 Å². The fourth-order valence-corrected chi connectivity index (χ4v) is 3.21. The molecule has 0 amide bonds. The van der Waals surface area contributed by atoms with E-state index in [1.807, 2.05) is 30.3 Å². The molecule has 0 bridgehead atoms. The van der Waals surface area contributed by atoms with E-state index in [1.54, 1.807) is 19.2 Å². The SMILES string of the molecule is CCCCC/C=C(/c1ccc(C(=O)O)cc1)c1ccc(OC)c(Br)c1. The summed E-state index contributed by atoms with van der Waals surface area (Å²) in [7, 11) is 1.64. The Morgan fingerprint density at radius 1 is 1.08 bits per heavy atom. The average molecular weight is 403 g/mol. The van der Waals surface area contributed by atoms with Crippen molar-refractivity contribution in [3.8, 4) is 5.75 Å². The van der Waals surface area contributed by atoms with Gasteiger partial charge in [0.2, 0.25) is 0 Å². The Bertz CT molecular complexity index is 748. The smallest absolute Gasteiger partial charge is 0.335 e. The highest BCUT2D eigenvalue weighted by Gasteiger charge is 2.10. The van der Waals surface area contributed by atoms with Crippen molar-refractivity contribution in [2.24, 2.45) is 0 Å². The molecule has 0 aliphatic carbocycles. The number of carboxylic acids is 1. The third-order valence-corrected chi connectivity index (χ3v) is 4.68. The first kappa shape index (κ1) is 19.3. The molecule has 0 unspecified atom stereocenters. The minimum Gasteiger partial charge on any atom is -0.496 e. The number of halogens is 1. The highest BCUT2D eigenvalue weighted by Crippen LogP contribution is 2.32. The zero-order valence-corrected chi connectivity index (χ0v) is 16.2. The van der Waals surface area contributed by atoms with Gasteiger partial charge in [-0.2, -0.15) is 0 Å². The summed E-state index contributed by atoms with van der Waals surface area (Å²) in [6.07, 6.45) is 6.76. The van der Waals surface area contributed by atoms with Gasteiger partial charge in [-0.3, -0.25) is 0 Å². The van der Waals surface area contributed by atoms with Crippen molar-refractivity contribution in [2.75, 3.05) is 7.11 Å². The van der Waals surface area contributed by atoms with E-state index in [4.69, 9.17) is 9.84 Å². The minimum absolute atomic E-state index is 0.296. The Labute approximate surface area is 157 Å². The van der Waals surface area contributed by atoms with Crippen molar-refractivity contribution in [3.05, 3.63) is 69.7 Å². The number of benzene rings is 2. The summed E-state index contributed by atoms with van der Waals surface area (Å²) in [5, 5.41) is 9.09. The quantitative estimate of drug-likeness (QED) is 0.537. The van der Waals surface area contributed by atoms with Crippen LogP contribution >= 0.6 is 15.9 Å². The number of methoxy groups -OCH3 is 1. The summed E-state index contributed by atoms with van der Waals surface area (Å²) in [5.74, 6) is -0.123. The van der Waals surface area contributed by atoms with Crippen LogP contribution in [-0.4, -0.2) is 18.2 Å². The lowest BCUT2D eigenvalue weighted by atomic mass is 9.95. The summed E-state index contributed by atoms with van der Waals surface area (Å²) >= 11 is 3.54. The molecule has 0 atom stereocenters. The Kier molecular flexibility index (Phi) is 7.26. The number of rotatable bonds is 8. The number of ether oxygens (including phenoxy) is 1. The van der Waals surface area contributed by atoms with Crippen LogP contribution in [0.5, 0.6) is 5.75 Å². The molecule has 0 saturated carbocycles. The first-order valence-corrected chi connectivity index (χ1v) is 9.24. The van der Waals surface area contributed by atoms with E-state index in [0.717, 1.165) is 39.8 Å². The molecule has 25 heavy (non-hydrogen) atoms. The minimum atomic E-state index is -0.910. The maximum Gasteiger partial charge on any atom is 0.335 e. The zero-order valence-electron chi connectivity index (χ0n) is 14.6. The van der Waals surface area contributed by atoms with Gasteiger partial charge in [-0.15, -0.1) is 0 Å². The molecule has 0 aromatic heterocycles. The molecule has 0 aliphatic heterocycles. The zero-order chi connectivity index (χ0) is 18.2. The number of unbranched alkanes of at least 4 members (excludes halogenated alkanes) is 3. The number of carbonyl (C=O) groups is 1. The van der Waals surface area contributed by atoms with Crippen LogP contribution in [0, 0.1) is 0 Å². The number of allylic oxidation sites excluding steroid dienone is 1. The van der Waals surface area contributed by atoms with Gasteiger partial charge >= 0.3 is 5.97 Å². The fourth-order valence-electron chi connectivity index (χ4n) is 2.67.